The zero-order valence-electron chi connectivity index (χ0n) is 17.0. The molecule has 2 N–H and O–H groups in total. The van der Waals surface area contributed by atoms with Crippen LogP contribution in [0.4, 0.5) is 8.78 Å². The van der Waals surface area contributed by atoms with Gasteiger partial charge in [-0.15, -0.1) is 0 Å². The van der Waals surface area contributed by atoms with Crippen LogP contribution in [0.5, 0.6) is 0 Å². The van der Waals surface area contributed by atoms with E-state index in [1.165, 1.54) is 23.5 Å². The molecule has 0 atom stereocenters. The van der Waals surface area contributed by atoms with Gasteiger partial charge in [-0.25, -0.2) is 9.98 Å². The standard InChI is InChI=1S/C23H27F2N5/c1-2-26-23(29-17-21-27-15-16-30(21)22(24)25)28-14-13-20(18-9-5-3-6-10-18)19-11-7-4-8-12-19/h3-12,15-16,20,22H,2,13-14,17H2,1H3,(H2,26,28,29). The molecule has 0 spiro atoms. The van der Waals surface area contributed by atoms with E-state index in [1.807, 2.05) is 19.1 Å². The first-order chi connectivity index (χ1) is 14.7. The van der Waals surface area contributed by atoms with Gasteiger partial charge in [0.25, 0.3) is 0 Å². The van der Waals surface area contributed by atoms with Crippen molar-refractivity contribution in [3.05, 3.63) is 90.0 Å². The second-order valence-electron chi connectivity index (χ2n) is 6.81. The predicted octanol–water partition coefficient (Wildman–Crippen LogP) is 4.56. The van der Waals surface area contributed by atoms with Crippen LogP contribution in [0.2, 0.25) is 0 Å². The minimum absolute atomic E-state index is 0.0769. The maximum Gasteiger partial charge on any atom is 0.319 e. The Morgan fingerprint density at radius 3 is 2.20 bits per heavy atom. The van der Waals surface area contributed by atoms with Gasteiger partial charge < -0.3 is 10.6 Å². The van der Waals surface area contributed by atoms with Gasteiger partial charge in [0.2, 0.25) is 0 Å². The molecule has 0 bridgehead atoms. The molecule has 158 valence electrons. The molecule has 1 heterocycles. The van der Waals surface area contributed by atoms with Crippen molar-refractivity contribution in [2.24, 2.45) is 4.99 Å². The lowest BCUT2D eigenvalue weighted by atomic mass is 9.88. The molecule has 30 heavy (non-hydrogen) atoms. The summed E-state index contributed by atoms with van der Waals surface area (Å²) in [4.78, 5) is 8.40. The van der Waals surface area contributed by atoms with Crippen molar-refractivity contribution in [1.82, 2.24) is 20.2 Å². The third-order valence-electron chi connectivity index (χ3n) is 4.81. The van der Waals surface area contributed by atoms with E-state index in [2.05, 4.69) is 69.1 Å². The van der Waals surface area contributed by atoms with Gasteiger partial charge in [-0.05, 0) is 24.5 Å². The Kier molecular flexibility index (Phi) is 7.94. The maximum absolute atomic E-state index is 13.0. The molecule has 1 aromatic heterocycles. The second-order valence-corrected chi connectivity index (χ2v) is 6.81. The van der Waals surface area contributed by atoms with E-state index in [4.69, 9.17) is 0 Å². The van der Waals surface area contributed by atoms with Crippen molar-refractivity contribution in [3.63, 3.8) is 0 Å². The summed E-state index contributed by atoms with van der Waals surface area (Å²) < 4.78 is 26.8. The average molecular weight is 412 g/mol. The molecule has 0 aliphatic rings. The fourth-order valence-electron chi connectivity index (χ4n) is 3.37. The number of hydrogen-bond donors (Lipinski definition) is 2. The van der Waals surface area contributed by atoms with E-state index < -0.39 is 6.55 Å². The molecule has 7 heteroatoms. The summed E-state index contributed by atoms with van der Waals surface area (Å²) >= 11 is 0. The summed E-state index contributed by atoms with van der Waals surface area (Å²) in [6.45, 7) is 0.784. The lowest BCUT2D eigenvalue weighted by Crippen LogP contribution is -2.38. The van der Waals surface area contributed by atoms with Crippen LogP contribution in [0.1, 0.15) is 42.8 Å². The highest BCUT2D eigenvalue weighted by Gasteiger charge is 2.14. The van der Waals surface area contributed by atoms with E-state index in [9.17, 15) is 8.78 Å². The van der Waals surface area contributed by atoms with Crippen molar-refractivity contribution in [2.45, 2.75) is 32.4 Å². The summed E-state index contributed by atoms with van der Waals surface area (Å²) in [5.41, 5.74) is 2.51. The first-order valence-corrected chi connectivity index (χ1v) is 10.1. The Hall–Kier alpha value is -3.22. The van der Waals surface area contributed by atoms with E-state index in [0.717, 1.165) is 11.0 Å². The minimum atomic E-state index is -2.62. The molecule has 0 unspecified atom stereocenters. The lowest BCUT2D eigenvalue weighted by Gasteiger charge is -2.19. The number of rotatable bonds is 9. The van der Waals surface area contributed by atoms with Gasteiger partial charge in [0.05, 0.1) is 0 Å². The molecular formula is C23H27F2N5. The highest BCUT2D eigenvalue weighted by atomic mass is 19.3. The van der Waals surface area contributed by atoms with Crippen LogP contribution in [0.3, 0.4) is 0 Å². The number of benzene rings is 2. The maximum atomic E-state index is 13.0. The molecule has 0 radical (unpaired) electrons. The largest absolute Gasteiger partial charge is 0.357 e. The van der Waals surface area contributed by atoms with Crippen LogP contribution < -0.4 is 10.6 Å². The monoisotopic (exact) mass is 411 g/mol. The van der Waals surface area contributed by atoms with E-state index >= 15 is 0 Å². The van der Waals surface area contributed by atoms with E-state index in [-0.39, 0.29) is 18.3 Å². The molecule has 3 aromatic rings. The summed E-state index contributed by atoms with van der Waals surface area (Å²) in [6, 6.07) is 20.8. The van der Waals surface area contributed by atoms with Crippen molar-refractivity contribution in [3.8, 4) is 0 Å². The Labute approximate surface area is 175 Å². The Bertz CT molecular complexity index is 870. The molecule has 0 saturated carbocycles. The van der Waals surface area contributed by atoms with Crippen molar-refractivity contribution < 1.29 is 8.78 Å². The van der Waals surface area contributed by atoms with Gasteiger partial charge in [0.1, 0.15) is 12.4 Å². The topological polar surface area (TPSA) is 54.2 Å². The number of aliphatic imine (C=N–C) groups is 1. The first kappa shape index (κ1) is 21.5. The summed E-state index contributed by atoms with van der Waals surface area (Å²) in [7, 11) is 0. The number of imidazole rings is 1. The zero-order chi connectivity index (χ0) is 21.2. The Morgan fingerprint density at radius 1 is 1.00 bits per heavy atom. The lowest BCUT2D eigenvalue weighted by molar-refractivity contribution is 0.0671. The van der Waals surface area contributed by atoms with Crippen LogP contribution >= 0.6 is 0 Å². The summed E-state index contributed by atoms with van der Waals surface area (Å²) in [5, 5.41) is 6.48. The van der Waals surface area contributed by atoms with E-state index in [1.54, 1.807) is 0 Å². The molecule has 2 aromatic carbocycles. The number of hydrogen-bond acceptors (Lipinski definition) is 2. The molecule has 0 saturated heterocycles. The second kappa shape index (κ2) is 11.1. The number of alkyl halides is 2. The van der Waals surface area contributed by atoms with E-state index in [0.29, 0.717) is 19.0 Å². The van der Waals surface area contributed by atoms with Gasteiger partial charge in [-0.3, -0.25) is 4.57 Å². The first-order valence-electron chi connectivity index (χ1n) is 10.1. The van der Waals surface area contributed by atoms with Crippen LogP contribution in [-0.4, -0.2) is 28.6 Å². The quantitative estimate of drug-likeness (QED) is 0.401. The van der Waals surface area contributed by atoms with Gasteiger partial charge >= 0.3 is 6.55 Å². The number of guanidine groups is 1. The molecule has 0 amide bonds. The highest BCUT2D eigenvalue weighted by molar-refractivity contribution is 5.79. The van der Waals surface area contributed by atoms with Gasteiger partial charge in [0.15, 0.2) is 5.96 Å². The Morgan fingerprint density at radius 2 is 1.63 bits per heavy atom. The van der Waals surface area contributed by atoms with Crippen LogP contribution in [0.15, 0.2) is 78.0 Å². The SMILES string of the molecule is CCNC(=NCc1nccn1C(F)F)NCCC(c1ccccc1)c1ccccc1. The third-order valence-corrected chi connectivity index (χ3v) is 4.81. The number of nitrogens with zero attached hydrogens (tertiary/aromatic N) is 3. The number of halogens is 2. The molecule has 3 rings (SSSR count). The fraction of sp³-hybridized carbons (Fsp3) is 0.304. The van der Waals surface area contributed by atoms with Crippen molar-refractivity contribution in [2.75, 3.05) is 13.1 Å². The van der Waals surface area contributed by atoms with Gasteiger partial charge in [0, 0.05) is 31.4 Å². The van der Waals surface area contributed by atoms with Crippen molar-refractivity contribution in [1.29, 1.82) is 0 Å². The Balaban J connectivity index is 1.66. The van der Waals surface area contributed by atoms with Crippen LogP contribution in [0, 0.1) is 0 Å². The zero-order valence-corrected chi connectivity index (χ0v) is 17.0. The highest BCUT2D eigenvalue weighted by Crippen LogP contribution is 2.27. The third kappa shape index (κ3) is 5.89. The number of nitrogens with one attached hydrogen (secondary N) is 2. The summed E-state index contributed by atoms with van der Waals surface area (Å²) in [5.74, 6) is 1.07. The molecule has 0 aliphatic carbocycles. The predicted molar refractivity (Wildman–Crippen MR) is 116 cm³/mol. The smallest absolute Gasteiger partial charge is 0.319 e. The van der Waals surface area contributed by atoms with Crippen molar-refractivity contribution >= 4 is 5.96 Å². The van der Waals surface area contributed by atoms with Gasteiger partial charge in [-0.2, -0.15) is 8.78 Å². The molecule has 0 aliphatic heterocycles. The number of aromatic nitrogens is 2. The fourth-order valence-corrected chi connectivity index (χ4v) is 3.37. The van der Waals surface area contributed by atoms with Gasteiger partial charge in [-0.1, -0.05) is 60.7 Å². The summed E-state index contributed by atoms with van der Waals surface area (Å²) in [6.07, 6.45) is 3.49. The molecule has 0 fully saturated rings. The molecular weight excluding hydrogens is 384 g/mol. The normalized spacial score (nSPS) is 11.8. The van der Waals surface area contributed by atoms with Crippen LogP contribution in [-0.2, 0) is 6.54 Å². The minimum Gasteiger partial charge on any atom is -0.357 e. The average Bonchev–Trinajstić information content (AvgIpc) is 3.25. The molecule has 5 nitrogen and oxygen atoms in total. The van der Waals surface area contributed by atoms with Crippen LogP contribution in [0.25, 0.3) is 0 Å².